The quantitative estimate of drug-likeness (QED) is 0.622. The van der Waals surface area contributed by atoms with E-state index < -0.39 is 12.1 Å². The van der Waals surface area contributed by atoms with Gasteiger partial charge in [-0.15, -0.1) is 0 Å². The number of carbonyl (C=O) groups excluding carboxylic acids is 1. The number of amides is 2. The van der Waals surface area contributed by atoms with Gasteiger partial charge in [0.25, 0.3) is 0 Å². The van der Waals surface area contributed by atoms with Gasteiger partial charge in [0.2, 0.25) is 0 Å². The molecule has 1 saturated carbocycles. The Kier molecular flexibility index (Phi) is 5.60. The highest BCUT2D eigenvalue weighted by Crippen LogP contribution is 2.39. The fraction of sp³-hybridized carbons (Fsp3) is 0.846. The van der Waals surface area contributed by atoms with Gasteiger partial charge < -0.3 is 20.5 Å². The van der Waals surface area contributed by atoms with E-state index in [4.69, 9.17) is 9.84 Å². The highest BCUT2D eigenvalue weighted by Gasteiger charge is 2.38. The lowest BCUT2D eigenvalue weighted by Crippen LogP contribution is -2.51. The number of rotatable bonds is 8. The minimum atomic E-state index is -0.932. The molecular weight excluding hydrogens is 248 g/mol. The molecule has 1 aliphatic rings. The van der Waals surface area contributed by atoms with Crippen LogP contribution in [0.25, 0.3) is 0 Å². The second-order valence-corrected chi connectivity index (χ2v) is 5.51. The molecule has 6 nitrogen and oxygen atoms in total. The normalized spacial score (nSPS) is 16.8. The fourth-order valence-electron chi connectivity index (χ4n) is 2.07. The third kappa shape index (κ3) is 5.92. The number of hydrogen-bond acceptors (Lipinski definition) is 3. The highest BCUT2D eigenvalue weighted by molar-refractivity contribution is 5.75. The Morgan fingerprint density at radius 1 is 1.42 bits per heavy atom. The number of carboxylic acid groups (broad SMARTS) is 1. The van der Waals surface area contributed by atoms with E-state index in [9.17, 15) is 9.59 Å². The predicted molar refractivity (Wildman–Crippen MR) is 71.0 cm³/mol. The van der Waals surface area contributed by atoms with Crippen molar-refractivity contribution < 1.29 is 19.4 Å². The van der Waals surface area contributed by atoms with Crippen LogP contribution in [0.4, 0.5) is 4.79 Å². The van der Waals surface area contributed by atoms with Gasteiger partial charge >= 0.3 is 12.0 Å². The Labute approximate surface area is 113 Å². The lowest BCUT2D eigenvalue weighted by atomic mass is 9.99. The second kappa shape index (κ2) is 6.75. The summed E-state index contributed by atoms with van der Waals surface area (Å²) in [5.74, 6) is -0.390. The average Bonchev–Trinajstić information content (AvgIpc) is 3.08. The molecule has 0 aliphatic heterocycles. The first-order valence-electron chi connectivity index (χ1n) is 6.74. The molecule has 0 aromatic carbocycles. The molecule has 0 aromatic rings. The topological polar surface area (TPSA) is 87.7 Å². The van der Waals surface area contributed by atoms with Gasteiger partial charge in [0.15, 0.2) is 0 Å². The van der Waals surface area contributed by atoms with Gasteiger partial charge in [0.05, 0.1) is 12.5 Å². The fourth-order valence-corrected chi connectivity index (χ4v) is 2.07. The van der Waals surface area contributed by atoms with E-state index in [0.717, 1.165) is 12.8 Å². The van der Waals surface area contributed by atoms with Crippen LogP contribution in [-0.4, -0.2) is 41.9 Å². The van der Waals surface area contributed by atoms with Crippen LogP contribution in [0.2, 0.25) is 0 Å². The molecule has 0 aromatic heterocycles. The van der Waals surface area contributed by atoms with Crippen LogP contribution in [-0.2, 0) is 9.53 Å². The summed E-state index contributed by atoms with van der Waals surface area (Å²) in [5, 5.41) is 14.3. The molecule has 1 atom stereocenters. The van der Waals surface area contributed by atoms with E-state index in [1.54, 1.807) is 6.92 Å². The lowest BCUT2D eigenvalue weighted by Gasteiger charge is -2.26. The van der Waals surface area contributed by atoms with E-state index in [2.05, 4.69) is 10.6 Å². The van der Waals surface area contributed by atoms with Crippen molar-refractivity contribution in [3.63, 3.8) is 0 Å². The second-order valence-electron chi connectivity index (χ2n) is 5.51. The molecule has 110 valence electrons. The number of hydrogen-bond donors (Lipinski definition) is 3. The summed E-state index contributed by atoms with van der Waals surface area (Å²) in [6.07, 6.45) is 1.69. The summed E-state index contributed by atoms with van der Waals surface area (Å²) in [4.78, 5) is 22.4. The minimum absolute atomic E-state index is 0.111. The number of nitrogens with one attached hydrogen (secondary N) is 2. The molecule has 3 N–H and O–H groups in total. The molecule has 0 saturated heterocycles. The van der Waals surface area contributed by atoms with Gasteiger partial charge in [-0.25, -0.2) is 4.79 Å². The van der Waals surface area contributed by atoms with Gasteiger partial charge in [0, 0.05) is 18.7 Å². The third-order valence-electron chi connectivity index (χ3n) is 3.33. The van der Waals surface area contributed by atoms with Crippen LogP contribution in [0.3, 0.4) is 0 Å². The van der Waals surface area contributed by atoms with Gasteiger partial charge in [-0.05, 0) is 39.5 Å². The first-order chi connectivity index (χ1) is 8.85. The number of ether oxygens (including phenoxy) is 1. The van der Waals surface area contributed by atoms with Crippen molar-refractivity contribution >= 4 is 12.0 Å². The maximum Gasteiger partial charge on any atom is 0.315 e. The van der Waals surface area contributed by atoms with Crippen molar-refractivity contribution in [1.29, 1.82) is 0 Å². The van der Waals surface area contributed by atoms with Crippen molar-refractivity contribution in [2.24, 2.45) is 5.92 Å². The van der Waals surface area contributed by atoms with Crippen LogP contribution in [0, 0.1) is 5.92 Å². The van der Waals surface area contributed by atoms with Gasteiger partial charge in [-0.1, -0.05) is 0 Å². The van der Waals surface area contributed by atoms with Crippen LogP contribution in [0.15, 0.2) is 0 Å². The zero-order chi connectivity index (χ0) is 14.5. The van der Waals surface area contributed by atoms with E-state index in [1.807, 2.05) is 13.8 Å². The maximum atomic E-state index is 11.8. The third-order valence-corrected chi connectivity index (χ3v) is 3.33. The smallest absolute Gasteiger partial charge is 0.315 e. The van der Waals surface area contributed by atoms with E-state index in [-0.39, 0.29) is 24.5 Å². The van der Waals surface area contributed by atoms with Crippen molar-refractivity contribution in [2.45, 2.75) is 51.7 Å². The van der Waals surface area contributed by atoms with E-state index >= 15 is 0 Å². The van der Waals surface area contributed by atoms with E-state index in [0.29, 0.717) is 12.5 Å². The Morgan fingerprint density at radius 2 is 2.05 bits per heavy atom. The largest absolute Gasteiger partial charge is 0.481 e. The number of aliphatic carboxylic acids is 1. The van der Waals surface area contributed by atoms with Crippen LogP contribution >= 0.6 is 0 Å². The molecule has 6 heteroatoms. The molecule has 0 heterocycles. The van der Waals surface area contributed by atoms with Crippen LogP contribution in [0.5, 0.6) is 0 Å². The summed E-state index contributed by atoms with van der Waals surface area (Å²) in [6.45, 7) is 6.43. The first-order valence-corrected chi connectivity index (χ1v) is 6.74. The molecule has 0 radical (unpaired) electrons. The molecular formula is C13H24N2O4. The van der Waals surface area contributed by atoms with E-state index in [1.165, 1.54) is 0 Å². The highest BCUT2D eigenvalue weighted by atomic mass is 16.5. The zero-order valence-corrected chi connectivity index (χ0v) is 11.9. The standard InChI is InChI=1S/C13H24N2O4/c1-4-19-10(7-11(16)17)8-14-12(18)15-13(2,3)9-5-6-9/h9-10H,4-8H2,1-3H3,(H,16,17)(H2,14,15,18). The van der Waals surface area contributed by atoms with Gasteiger partial charge in [-0.3, -0.25) is 4.79 Å². The molecule has 0 bridgehead atoms. The number of carboxylic acids is 1. The predicted octanol–water partition coefficient (Wildman–Crippen LogP) is 1.35. The Morgan fingerprint density at radius 3 is 2.53 bits per heavy atom. The molecule has 1 rings (SSSR count). The van der Waals surface area contributed by atoms with Crippen molar-refractivity contribution in [3.8, 4) is 0 Å². The maximum absolute atomic E-state index is 11.8. The Hall–Kier alpha value is -1.30. The summed E-state index contributed by atoms with van der Waals surface area (Å²) in [5.41, 5.74) is -0.210. The van der Waals surface area contributed by atoms with Crippen molar-refractivity contribution in [2.75, 3.05) is 13.2 Å². The first kappa shape index (κ1) is 15.8. The molecule has 19 heavy (non-hydrogen) atoms. The summed E-state index contributed by atoms with van der Waals surface area (Å²) in [7, 11) is 0. The molecule has 1 unspecified atom stereocenters. The number of carbonyl (C=O) groups is 2. The average molecular weight is 272 g/mol. The number of urea groups is 1. The van der Waals surface area contributed by atoms with Crippen LogP contribution in [0.1, 0.15) is 40.0 Å². The molecule has 1 fully saturated rings. The monoisotopic (exact) mass is 272 g/mol. The van der Waals surface area contributed by atoms with Gasteiger partial charge in [-0.2, -0.15) is 0 Å². The van der Waals surface area contributed by atoms with Crippen molar-refractivity contribution in [1.82, 2.24) is 10.6 Å². The molecule has 2 amide bonds. The van der Waals surface area contributed by atoms with Gasteiger partial charge in [0.1, 0.15) is 0 Å². The Bertz CT molecular complexity index is 327. The molecule has 0 spiro atoms. The summed E-state index contributed by atoms with van der Waals surface area (Å²) < 4.78 is 5.27. The zero-order valence-electron chi connectivity index (χ0n) is 11.9. The van der Waals surface area contributed by atoms with Crippen LogP contribution < -0.4 is 10.6 Å². The SMILES string of the molecule is CCOC(CNC(=O)NC(C)(C)C1CC1)CC(=O)O. The minimum Gasteiger partial charge on any atom is -0.481 e. The molecule has 1 aliphatic carbocycles. The lowest BCUT2D eigenvalue weighted by molar-refractivity contribution is -0.140. The Balaban J connectivity index is 2.32. The summed E-state index contributed by atoms with van der Waals surface area (Å²) >= 11 is 0. The van der Waals surface area contributed by atoms with Crippen molar-refractivity contribution in [3.05, 3.63) is 0 Å². The summed E-state index contributed by atoms with van der Waals surface area (Å²) in [6, 6.07) is -0.271.